The molecule has 0 aliphatic carbocycles. The van der Waals surface area contributed by atoms with Crippen molar-refractivity contribution in [3.63, 3.8) is 0 Å². The molecule has 0 saturated heterocycles. The molecule has 0 aliphatic rings. The van der Waals surface area contributed by atoms with Crippen LogP contribution in [0.3, 0.4) is 0 Å². The maximum absolute atomic E-state index is 11.9. The molecule has 120 valence electrons. The van der Waals surface area contributed by atoms with E-state index in [0.29, 0.717) is 11.4 Å². The van der Waals surface area contributed by atoms with Crippen LogP contribution in [0.1, 0.15) is 11.1 Å². The van der Waals surface area contributed by atoms with Crippen molar-refractivity contribution in [2.45, 2.75) is 13.8 Å². The Morgan fingerprint density at radius 2 is 1.83 bits per heavy atom. The summed E-state index contributed by atoms with van der Waals surface area (Å²) < 4.78 is 0.878. The summed E-state index contributed by atoms with van der Waals surface area (Å²) in [7, 11) is 0. The van der Waals surface area contributed by atoms with Crippen molar-refractivity contribution < 1.29 is 9.59 Å². The third-order valence-electron chi connectivity index (χ3n) is 3.16. The smallest absolute Gasteiger partial charge is 0.319 e. The van der Waals surface area contributed by atoms with E-state index in [2.05, 4.69) is 31.9 Å². The number of carbonyl (C=O) groups excluding carboxylic acids is 2. The first kappa shape index (κ1) is 17.0. The Morgan fingerprint density at radius 3 is 2.57 bits per heavy atom. The van der Waals surface area contributed by atoms with Gasteiger partial charge in [-0.25, -0.2) is 4.79 Å². The second kappa shape index (κ2) is 7.78. The number of nitrogens with one attached hydrogen (secondary N) is 3. The van der Waals surface area contributed by atoms with Gasteiger partial charge in [-0.15, -0.1) is 0 Å². The molecule has 3 amide bonds. The van der Waals surface area contributed by atoms with E-state index in [0.717, 1.165) is 15.6 Å². The van der Waals surface area contributed by atoms with E-state index in [-0.39, 0.29) is 12.5 Å². The van der Waals surface area contributed by atoms with Gasteiger partial charge < -0.3 is 16.0 Å². The van der Waals surface area contributed by atoms with Crippen LogP contribution in [0, 0.1) is 13.8 Å². The van der Waals surface area contributed by atoms with Gasteiger partial charge in [0, 0.05) is 15.8 Å². The molecule has 0 atom stereocenters. The monoisotopic (exact) mass is 375 g/mol. The molecule has 0 unspecified atom stereocenters. The zero-order valence-electron chi connectivity index (χ0n) is 12.9. The van der Waals surface area contributed by atoms with Crippen molar-refractivity contribution in [3.8, 4) is 0 Å². The summed E-state index contributed by atoms with van der Waals surface area (Å²) in [6, 6.07) is 12.6. The fraction of sp³-hybridized carbons (Fsp3) is 0.176. The highest BCUT2D eigenvalue weighted by Crippen LogP contribution is 2.20. The minimum atomic E-state index is -0.420. The van der Waals surface area contributed by atoms with Gasteiger partial charge in [0.15, 0.2) is 0 Å². The normalized spacial score (nSPS) is 10.0. The van der Waals surface area contributed by atoms with Gasteiger partial charge in [-0.1, -0.05) is 34.1 Å². The third kappa shape index (κ3) is 5.41. The SMILES string of the molecule is Cc1cccc(NC(=O)NCC(=O)Nc2cc(Br)ccc2C)c1. The summed E-state index contributed by atoms with van der Waals surface area (Å²) >= 11 is 3.36. The lowest BCUT2D eigenvalue weighted by molar-refractivity contribution is -0.115. The molecule has 5 nitrogen and oxygen atoms in total. The van der Waals surface area contributed by atoms with Crippen molar-refractivity contribution in [2.75, 3.05) is 17.2 Å². The highest BCUT2D eigenvalue weighted by molar-refractivity contribution is 9.10. The van der Waals surface area contributed by atoms with Gasteiger partial charge in [0.2, 0.25) is 5.91 Å². The number of aryl methyl sites for hydroxylation is 2. The van der Waals surface area contributed by atoms with Crippen molar-refractivity contribution in [3.05, 3.63) is 58.1 Å². The van der Waals surface area contributed by atoms with Gasteiger partial charge in [0.25, 0.3) is 0 Å². The summed E-state index contributed by atoms with van der Waals surface area (Å²) in [5.74, 6) is -0.286. The molecule has 3 N–H and O–H groups in total. The first-order valence-corrected chi connectivity index (χ1v) is 7.91. The van der Waals surface area contributed by atoms with Gasteiger partial charge in [0.1, 0.15) is 0 Å². The van der Waals surface area contributed by atoms with E-state index < -0.39 is 6.03 Å². The highest BCUT2D eigenvalue weighted by atomic mass is 79.9. The van der Waals surface area contributed by atoms with Crippen LogP contribution < -0.4 is 16.0 Å². The predicted molar refractivity (Wildman–Crippen MR) is 95.7 cm³/mol. The lowest BCUT2D eigenvalue weighted by atomic mass is 10.2. The lowest BCUT2D eigenvalue weighted by Crippen LogP contribution is -2.35. The standard InChI is InChI=1S/C17H18BrN3O2/c1-11-4-3-5-14(8-11)20-17(23)19-10-16(22)21-15-9-13(18)7-6-12(15)2/h3-9H,10H2,1-2H3,(H,21,22)(H2,19,20,23). The maximum atomic E-state index is 11.9. The molecule has 0 saturated carbocycles. The van der Waals surface area contributed by atoms with Gasteiger partial charge in [0.05, 0.1) is 6.54 Å². The molecule has 2 rings (SSSR count). The number of benzene rings is 2. The summed E-state index contributed by atoms with van der Waals surface area (Å²) in [5, 5.41) is 7.98. The molecule has 6 heteroatoms. The lowest BCUT2D eigenvalue weighted by Gasteiger charge is -2.10. The number of halogens is 1. The molecule has 23 heavy (non-hydrogen) atoms. The average molecular weight is 376 g/mol. The van der Waals surface area contributed by atoms with Crippen LogP contribution in [0.4, 0.5) is 16.2 Å². The van der Waals surface area contributed by atoms with Crippen LogP contribution >= 0.6 is 15.9 Å². The molecule has 0 radical (unpaired) electrons. The minimum Gasteiger partial charge on any atom is -0.329 e. The second-order valence-electron chi connectivity index (χ2n) is 5.18. The van der Waals surface area contributed by atoms with Crippen molar-refractivity contribution in [1.29, 1.82) is 0 Å². The number of hydrogen-bond donors (Lipinski definition) is 3. The number of amides is 3. The Morgan fingerprint density at radius 1 is 1.04 bits per heavy atom. The van der Waals surface area contributed by atoms with E-state index in [1.165, 1.54) is 0 Å². The molecule has 0 fully saturated rings. The van der Waals surface area contributed by atoms with Gasteiger partial charge in [-0.05, 0) is 49.2 Å². The molecule has 0 spiro atoms. The molecular weight excluding hydrogens is 358 g/mol. The molecule has 0 aliphatic heterocycles. The Balaban J connectivity index is 1.84. The first-order chi connectivity index (χ1) is 10.9. The zero-order chi connectivity index (χ0) is 16.8. The summed E-state index contributed by atoms with van der Waals surface area (Å²) in [6.07, 6.45) is 0. The van der Waals surface area contributed by atoms with E-state index in [4.69, 9.17) is 0 Å². The van der Waals surface area contributed by atoms with E-state index in [1.54, 1.807) is 6.07 Å². The summed E-state index contributed by atoms with van der Waals surface area (Å²) in [6.45, 7) is 3.74. The molecule has 2 aromatic carbocycles. The quantitative estimate of drug-likeness (QED) is 0.759. The van der Waals surface area contributed by atoms with E-state index in [9.17, 15) is 9.59 Å². The molecular formula is C17H18BrN3O2. The fourth-order valence-electron chi connectivity index (χ4n) is 1.98. The molecule has 2 aromatic rings. The number of hydrogen-bond acceptors (Lipinski definition) is 2. The Bertz CT molecular complexity index is 732. The van der Waals surface area contributed by atoms with Crippen LogP contribution in [0.25, 0.3) is 0 Å². The average Bonchev–Trinajstić information content (AvgIpc) is 2.49. The number of rotatable bonds is 4. The van der Waals surface area contributed by atoms with Crippen LogP contribution in [0.2, 0.25) is 0 Å². The van der Waals surface area contributed by atoms with E-state index >= 15 is 0 Å². The minimum absolute atomic E-state index is 0.108. The Labute approximate surface area is 143 Å². The van der Waals surface area contributed by atoms with Crippen molar-refractivity contribution in [1.82, 2.24) is 5.32 Å². The molecule has 0 bridgehead atoms. The van der Waals surface area contributed by atoms with Gasteiger partial charge in [-0.3, -0.25) is 4.79 Å². The second-order valence-corrected chi connectivity index (χ2v) is 6.10. The summed E-state index contributed by atoms with van der Waals surface area (Å²) in [5.41, 5.74) is 3.40. The van der Waals surface area contributed by atoms with Crippen LogP contribution in [-0.2, 0) is 4.79 Å². The van der Waals surface area contributed by atoms with Crippen LogP contribution in [0.15, 0.2) is 46.9 Å². The number of anilines is 2. The van der Waals surface area contributed by atoms with Crippen molar-refractivity contribution in [2.24, 2.45) is 0 Å². The first-order valence-electron chi connectivity index (χ1n) is 7.11. The number of urea groups is 1. The highest BCUT2D eigenvalue weighted by Gasteiger charge is 2.08. The zero-order valence-corrected chi connectivity index (χ0v) is 14.5. The van der Waals surface area contributed by atoms with Gasteiger partial charge in [-0.2, -0.15) is 0 Å². The number of carbonyl (C=O) groups is 2. The Kier molecular flexibility index (Phi) is 5.76. The maximum Gasteiger partial charge on any atom is 0.319 e. The van der Waals surface area contributed by atoms with Gasteiger partial charge >= 0.3 is 6.03 Å². The fourth-order valence-corrected chi connectivity index (χ4v) is 2.34. The largest absolute Gasteiger partial charge is 0.329 e. The van der Waals surface area contributed by atoms with Crippen LogP contribution in [-0.4, -0.2) is 18.5 Å². The van der Waals surface area contributed by atoms with E-state index in [1.807, 2.05) is 50.2 Å². The molecule has 0 heterocycles. The summed E-state index contributed by atoms with van der Waals surface area (Å²) in [4.78, 5) is 23.7. The predicted octanol–water partition coefficient (Wildman–Crippen LogP) is 3.83. The van der Waals surface area contributed by atoms with Crippen molar-refractivity contribution >= 4 is 39.2 Å². The Hall–Kier alpha value is -2.34. The topological polar surface area (TPSA) is 70.2 Å². The van der Waals surface area contributed by atoms with Crippen LogP contribution in [0.5, 0.6) is 0 Å². The molecule has 0 aromatic heterocycles. The third-order valence-corrected chi connectivity index (χ3v) is 3.65.